The monoisotopic (exact) mass is 382 g/mol. The van der Waals surface area contributed by atoms with E-state index in [1.54, 1.807) is 17.5 Å². The van der Waals surface area contributed by atoms with Gasteiger partial charge in [-0.25, -0.2) is 9.78 Å². The SMILES string of the molecule is CC(C)CC(NC(=O)OC(C)(C)C)C(=O)N1CCN(c2nccs2)CC1. The summed E-state index contributed by atoms with van der Waals surface area (Å²) in [7, 11) is 0. The number of hydrogen-bond acceptors (Lipinski definition) is 6. The molecule has 0 aromatic carbocycles. The molecule has 0 spiro atoms. The zero-order chi connectivity index (χ0) is 19.3. The molecule has 146 valence electrons. The topological polar surface area (TPSA) is 74.8 Å². The zero-order valence-corrected chi connectivity index (χ0v) is 17.1. The smallest absolute Gasteiger partial charge is 0.408 e. The molecular formula is C18H30N4O3S. The Labute approximate surface area is 159 Å². The maximum atomic E-state index is 13.0. The van der Waals surface area contributed by atoms with E-state index in [0.717, 1.165) is 18.2 Å². The number of piperazine rings is 1. The van der Waals surface area contributed by atoms with Crippen LogP contribution >= 0.6 is 11.3 Å². The Morgan fingerprint density at radius 3 is 2.42 bits per heavy atom. The van der Waals surface area contributed by atoms with Crippen molar-refractivity contribution >= 4 is 28.5 Å². The second-order valence-electron chi connectivity index (χ2n) is 7.96. The van der Waals surface area contributed by atoms with Gasteiger partial charge in [0.05, 0.1) is 0 Å². The number of ether oxygens (including phenoxy) is 1. The van der Waals surface area contributed by atoms with Crippen molar-refractivity contribution in [2.75, 3.05) is 31.1 Å². The van der Waals surface area contributed by atoms with E-state index in [2.05, 4.69) is 15.2 Å². The Morgan fingerprint density at radius 1 is 1.27 bits per heavy atom. The molecule has 8 heteroatoms. The highest BCUT2D eigenvalue weighted by Gasteiger charge is 2.31. The molecule has 1 atom stereocenters. The van der Waals surface area contributed by atoms with Crippen LogP contribution in [0.25, 0.3) is 0 Å². The summed E-state index contributed by atoms with van der Waals surface area (Å²) in [4.78, 5) is 33.4. The lowest BCUT2D eigenvalue weighted by atomic mass is 10.0. The molecule has 1 aliphatic heterocycles. The van der Waals surface area contributed by atoms with Crippen LogP contribution in [-0.2, 0) is 9.53 Å². The van der Waals surface area contributed by atoms with Crippen LogP contribution < -0.4 is 10.2 Å². The highest BCUT2D eigenvalue weighted by Crippen LogP contribution is 2.20. The van der Waals surface area contributed by atoms with Crippen LogP contribution in [0.5, 0.6) is 0 Å². The van der Waals surface area contributed by atoms with Crippen LogP contribution in [0.1, 0.15) is 41.0 Å². The van der Waals surface area contributed by atoms with E-state index in [9.17, 15) is 9.59 Å². The van der Waals surface area contributed by atoms with Gasteiger partial charge in [0.25, 0.3) is 0 Å². The van der Waals surface area contributed by atoms with Crippen LogP contribution in [0.4, 0.5) is 9.93 Å². The number of aromatic nitrogens is 1. The minimum Gasteiger partial charge on any atom is -0.444 e. The molecule has 2 heterocycles. The first-order valence-corrected chi connectivity index (χ1v) is 9.96. The lowest BCUT2D eigenvalue weighted by Gasteiger charge is -2.36. The fraction of sp³-hybridized carbons (Fsp3) is 0.722. The summed E-state index contributed by atoms with van der Waals surface area (Å²) < 4.78 is 5.32. The Balaban J connectivity index is 1.95. The molecule has 1 unspecified atom stereocenters. The van der Waals surface area contributed by atoms with Crippen molar-refractivity contribution in [2.24, 2.45) is 5.92 Å². The largest absolute Gasteiger partial charge is 0.444 e. The molecule has 0 aliphatic carbocycles. The van der Waals surface area contributed by atoms with Gasteiger partial charge in [-0.3, -0.25) is 4.79 Å². The predicted octanol–water partition coefficient (Wildman–Crippen LogP) is 2.73. The minimum absolute atomic E-state index is 0.0386. The number of carbonyl (C=O) groups excluding carboxylic acids is 2. The van der Waals surface area contributed by atoms with E-state index in [4.69, 9.17) is 4.74 Å². The summed E-state index contributed by atoms with van der Waals surface area (Å²) in [6, 6.07) is -0.559. The molecule has 2 amide bonds. The number of anilines is 1. The number of amides is 2. The summed E-state index contributed by atoms with van der Waals surface area (Å²) >= 11 is 1.61. The van der Waals surface area contributed by atoms with Gasteiger partial charge in [0.15, 0.2) is 5.13 Å². The zero-order valence-electron chi connectivity index (χ0n) is 16.3. The standard InChI is InChI=1S/C18H30N4O3S/c1-13(2)12-14(20-17(24)25-18(3,4)5)15(23)21-7-9-22(10-8-21)16-19-6-11-26-16/h6,11,13-14H,7-10,12H2,1-5H3,(H,20,24). The molecule has 1 aliphatic rings. The number of carbonyl (C=O) groups is 2. The summed E-state index contributed by atoms with van der Waals surface area (Å²) in [6.07, 6.45) is 1.84. The van der Waals surface area contributed by atoms with Crippen molar-refractivity contribution in [1.82, 2.24) is 15.2 Å². The first kappa shape index (κ1) is 20.5. The summed E-state index contributed by atoms with van der Waals surface area (Å²) in [5, 5.41) is 5.71. The Kier molecular flexibility index (Phi) is 6.86. The van der Waals surface area contributed by atoms with E-state index < -0.39 is 17.7 Å². The molecule has 2 rings (SSSR count). The Bertz CT molecular complexity index is 590. The number of hydrogen-bond donors (Lipinski definition) is 1. The van der Waals surface area contributed by atoms with Crippen LogP contribution in [0, 0.1) is 5.92 Å². The molecule has 1 aromatic rings. The van der Waals surface area contributed by atoms with Gasteiger partial charge in [-0.05, 0) is 33.1 Å². The van der Waals surface area contributed by atoms with Gasteiger partial charge in [0, 0.05) is 37.8 Å². The highest BCUT2D eigenvalue weighted by molar-refractivity contribution is 7.13. The Morgan fingerprint density at radius 2 is 1.92 bits per heavy atom. The third-order valence-corrected chi connectivity index (χ3v) is 4.81. The van der Waals surface area contributed by atoms with Gasteiger partial charge in [-0.2, -0.15) is 0 Å². The quantitative estimate of drug-likeness (QED) is 0.847. The fourth-order valence-corrected chi connectivity index (χ4v) is 3.55. The van der Waals surface area contributed by atoms with Crippen molar-refractivity contribution in [3.05, 3.63) is 11.6 Å². The second kappa shape index (κ2) is 8.70. The molecule has 7 nitrogen and oxygen atoms in total. The Hall–Kier alpha value is -1.83. The van der Waals surface area contributed by atoms with E-state index in [1.807, 2.05) is 44.9 Å². The average molecular weight is 383 g/mol. The highest BCUT2D eigenvalue weighted by atomic mass is 32.1. The fourth-order valence-electron chi connectivity index (χ4n) is 2.85. The number of nitrogens with zero attached hydrogens (tertiary/aromatic N) is 3. The van der Waals surface area contributed by atoms with Crippen LogP contribution in [-0.4, -0.2) is 59.7 Å². The summed E-state index contributed by atoms with van der Waals surface area (Å²) in [5.74, 6) is 0.249. The van der Waals surface area contributed by atoms with Crippen molar-refractivity contribution in [2.45, 2.75) is 52.7 Å². The first-order chi connectivity index (χ1) is 12.2. The second-order valence-corrected chi connectivity index (χ2v) is 8.83. The van der Waals surface area contributed by atoms with Crippen LogP contribution in [0.2, 0.25) is 0 Å². The number of thiazole rings is 1. The minimum atomic E-state index is -0.588. The number of alkyl carbamates (subject to hydrolysis) is 1. The molecule has 1 saturated heterocycles. The first-order valence-electron chi connectivity index (χ1n) is 9.08. The van der Waals surface area contributed by atoms with Crippen molar-refractivity contribution in [3.63, 3.8) is 0 Å². The van der Waals surface area contributed by atoms with Gasteiger partial charge in [-0.15, -0.1) is 11.3 Å². The molecular weight excluding hydrogens is 352 g/mol. The van der Waals surface area contributed by atoms with Crippen molar-refractivity contribution < 1.29 is 14.3 Å². The number of rotatable bonds is 5. The molecule has 0 saturated carbocycles. The molecule has 1 fully saturated rings. The summed E-state index contributed by atoms with van der Waals surface area (Å²) in [6.45, 7) is 12.3. The van der Waals surface area contributed by atoms with E-state index in [0.29, 0.717) is 19.5 Å². The predicted molar refractivity (Wildman–Crippen MR) is 104 cm³/mol. The lowest BCUT2D eigenvalue weighted by Crippen LogP contribution is -2.55. The van der Waals surface area contributed by atoms with Crippen molar-refractivity contribution in [3.8, 4) is 0 Å². The van der Waals surface area contributed by atoms with Gasteiger partial charge in [-0.1, -0.05) is 13.8 Å². The van der Waals surface area contributed by atoms with Crippen LogP contribution in [0.15, 0.2) is 11.6 Å². The average Bonchev–Trinajstić information content (AvgIpc) is 3.06. The number of nitrogens with one attached hydrogen (secondary N) is 1. The summed E-state index contributed by atoms with van der Waals surface area (Å²) in [5.41, 5.74) is -0.588. The molecule has 0 bridgehead atoms. The van der Waals surface area contributed by atoms with E-state index in [1.165, 1.54) is 0 Å². The van der Waals surface area contributed by atoms with E-state index >= 15 is 0 Å². The molecule has 26 heavy (non-hydrogen) atoms. The van der Waals surface area contributed by atoms with Gasteiger partial charge >= 0.3 is 6.09 Å². The molecule has 1 aromatic heterocycles. The van der Waals surface area contributed by atoms with Gasteiger partial charge in [0.2, 0.25) is 5.91 Å². The van der Waals surface area contributed by atoms with Crippen LogP contribution in [0.3, 0.4) is 0 Å². The lowest BCUT2D eigenvalue weighted by molar-refractivity contribution is -0.134. The van der Waals surface area contributed by atoms with Crippen molar-refractivity contribution in [1.29, 1.82) is 0 Å². The normalized spacial score (nSPS) is 16.5. The van der Waals surface area contributed by atoms with E-state index in [-0.39, 0.29) is 11.8 Å². The third kappa shape index (κ3) is 6.16. The molecule has 0 radical (unpaired) electrons. The maximum Gasteiger partial charge on any atom is 0.408 e. The van der Waals surface area contributed by atoms with Gasteiger partial charge in [0.1, 0.15) is 11.6 Å². The third-order valence-electron chi connectivity index (χ3n) is 3.98. The molecule has 1 N–H and O–H groups in total. The van der Waals surface area contributed by atoms with Gasteiger partial charge < -0.3 is 19.9 Å². The maximum absolute atomic E-state index is 13.0.